The number of hydrogen-bond acceptors (Lipinski definition) is 3. The summed E-state index contributed by atoms with van der Waals surface area (Å²) >= 11 is 0. The standard InChI is InChI=1S/C18H18FN5O/c1-24-12-15(11-23-24)17-14(6-4-8-20-17)10-22-18(25)21-9-13-5-2-3-7-16(13)19/h2-8,11-12H,9-10H2,1H3,(H2,21,22,25). The summed E-state index contributed by atoms with van der Waals surface area (Å²) in [5.74, 6) is -0.339. The number of carbonyl (C=O) groups excluding carboxylic acids is 1. The van der Waals surface area contributed by atoms with Gasteiger partial charge in [-0.15, -0.1) is 0 Å². The first-order chi connectivity index (χ1) is 12.1. The third kappa shape index (κ3) is 4.20. The summed E-state index contributed by atoms with van der Waals surface area (Å²) in [5, 5.41) is 9.55. The molecule has 1 aromatic carbocycles. The Morgan fingerprint density at radius 2 is 1.84 bits per heavy atom. The fourth-order valence-electron chi connectivity index (χ4n) is 2.44. The van der Waals surface area contributed by atoms with Gasteiger partial charge >= 0.3 is 6.03 Å². The zero-order chi connectivity index (χ0) is 17.6. The lowest BCUT2D eigenvalue weighted by Gasteiger charge is -2.10. The van der Waals surface area contributed by atoms with E-state index >= 15 is 0 Å². The number of urea groups is 1. The molecule has 0 aliphatic heterocycles. The minimum absolute atomic E-state index is 0.126. The highest BCUT2D eigenvalue weighted by molar-refractivity contribution is 5.74. The van der Waals surface area contributed by atoms with Crippen LogP contribution in [0.15, 0.2) is 55.0 Å². The lowest BCUT2D eigenvalue weighted by Crippen LogP contribution is -2.34. The minimum atomic E-state index is -0.371. The molecule has 2 amide bonds. The second kappa shape index (κ2) is 7.57. The van der Waals surface area contributed by atoms with E-state index in [1.807, 2.05) is 25.4 Å². The van der Waals surface area contributed by atoms with Crippen molar-refractivity contribution in [3.05, 3.63) is 71.9 Å². The Morgan fingerprint density at radius 3 is 2.56 bits per heavy atom. The van der Waals surface area contributed by atoms with Crippen molar-refractivity contribution in [1.29, 1.82) is 0 Å². The van der Waals surface area contributed by atoms with Crippen molar-refractivity contribution in [1.82, 2.24) is 25.4 Å². The molecule has 25 heavy (non-hydrogen) atoms. The van der Waals surface area contributed by atoms with Crippen LogP contribution in [0.1, 0.15) is 11.1 Å². The van der Waals surface area contributed by atoms with Crippen molar-refractivity contribution in [2.24, 2.45) is 7.05 Å². The summed E-state index contributed by atoms with van der Waals surface area (Å²) in [4.78, 5) is 16.3. The predicted octanol–water partition coefficient (Wildman–Crippen LogP) is 2.62. The molecule has 2 N–H and O–H groups in total. The number of nitrogens with zero attached hydrogens (tertiary/aromatic N) is 3. The van der Waals surface area contributed by atoms with Crippen LogP contribution in [0, 0.1) is 5.82 Å². The lowest BCUT2D eigenvalue weighted by atomic mass is 10.1. The van der Waals surface area contributed by atoms with Gasteiger partial charge in [-0.2, -0.15) is 5.10 Å². The third-order valence-corrected chi connectivity index (χ3v) is 3.71. The van der Waals surface area contributed by atoms with E-state index < -0.39 is 0 Å². The van der Waals surface area contributed by atoms with Gasteiger partial charge in [-0.25, -0.2) is 9.18 Å². The molecule has 0 bridgehead atoms. The third-order valence-electron chi connectivity index (χ3n) is 3.71. The molecule has 2 heterocycles. The second-order valence-corrected chi connectivity index (χ2v) is 5.54. The number of hydrogen-bond donors (Lipinski definition) is 2. The minimum Gasteiger partial charge on any atom is -0.334 e. The van der Waals surface area contributed by atoms with Crippen molar-refractivity contribution in [2.45, 2.75) is 13.1 Å². The van der Waals surface area contributed by atoms with Gasteiger partial charge < -0.3 is 10.6 Å². The van der Waals surface area contributed by atoms with E-state index in [2.05, 4.69) is 20.7 Å². The summed E-state index contributed by atoms with van der Waals surface area (Å²) in [7, 11) is 1.83. The monoisotopic (exact) mass is 339 g/mol. The Morgan fingerprint density at radius 1 is 1.12 bits per heavy atom. The van der Waals surface area contributed by atoms with Gasteiger partial charge in [0.2, 0.25) is 0 Å². The van der Waals surface area contributed by atoms with Crippen LogP contribution in [0.2, 0.25) is 0 Å². The SMILES string of the molecule is Cn1cc(-c2ncccc2CNC(=O)NCc2ccccc2F)cn1. The topological polar surface area (TPSA) is 71.8 Å². The Labute approximate surface area is 144 Å². The van der Waals surface area contributed by atoms with Crippen LogP contribution >= 0.6 is 0 Å². The molecule has 0 saturated heterocycles. The summed E-state index contributed by atoms with van der Waals surface area (Å²) < 4.78 is 15.2. The Bertz CT molecular complexity index is 877. The summed E-state index contributed by atoms with van der Waals surface area (Å²) in [5.41, 5.74) is 2.96. The van der Waals surface area contributed by atoms with Gasteiger partial charge in [0.1, 0.15) is 5.82 Å². The van der Waals surface area contributed by atoms with Gasteiger partial charge in [-0.05, 0) is 17.7 Å². The highest BCUT2D eigenvalue weighted by Gasteiger charge is 2.10. The lowest BCUT2D eigenvalue weighted by molar-refractivity contribution is 0.240. The van der Waals surface area contributed by atoms with Crippen molar-refractivity contribution in [2.75, 3.05) is 0 Å². The first kappa shape index (κ1) is 16.6. The van der Waals surface area contributed by atoms with Gasteiger partial charge in [0.15, 0.2) is 0 Å². The van der Waals surface area contributed by atoms with Gasteiger partial charge in [-0.1, -0.05) is 24.3 Å². The number of amides is 2. The highest BCUT2D eigenvalue weighted by atomic mass is 19.1. The van der Waals surface area contributed by atoms with E-state index in [0.29, 0.717) is 12.1 Å². The molecule has 3 rings (SSSR count). The molecule has 0 atom stereocenters. The molecule has 0 aliphatic rings. The molecule has 6 nitrogen and oxygen atoms in total. The number of carbonyl (C=O) groups is 1. The first-order valence-electron chi connectivity index (χ1n) is 7.81. The normalized spacial score (nSPS) is 10.5. The number of pyridine rings is 1. The van der Waals surface area contributed by atoms with Crippen molar-refractivity contribution < 1.29 is 9.18 Å². The smallest absolute Gasteiger partial charge is 0.315 e. The Balaban J connectivity index is 1.60. The maximum atomic E-state index is 13.5. The Kier molecular flexibility index (Phi) is 5.03. The quantitative estimate of drug-likeness (QED) is 0.750. The van der Waals surface area contributed by atoms with E-state index in [4.69, 9.17) is 0 Å². The summed E-state index contributed by atoms with van der Waals surface area (Å²) in [6, 6.07) is 9.68. The number of benzene rings is 1. The van der Waals surface area contributed by atoms with Crippen LogP contribution in [0.4, 0.5) is 9.18 Å². The number of nitrogens with one attached hydrogen (secondary N) is 2. The molecular formula is C18H18FN5O. The summed E-state index contributed by atoms with van der Waals surface area (Å²) in [6.45, 7) is 0.433. The first-order valence-corrected chi connectivity index (χ1v) is 7.81. The molecular weight excluding hydrogens is 321 g/mol. The number of halogens is 1. The molecule has 128 valence electrons. The molecule has 0 spiro atoms. The fraction of sp³-hybridized carbons (Fsp3) is 0.167. The van der Waals surface area contributed by atoms with Crippen LogP contribution < -0.4 is 10.6 Å². The predicted molar refractivity (Wildman–Crippen MR) is 91.9 cm³/mol. The molecule has 0 radical (unpaired) electrons. The zero-order valence-corrected chi connectivity index (χ0v) is 13.7. The number of aromatic nitrogens is 3. The van der Waals surface area contributed by atoms with Crippen molar-refractivity contribution in [3.8, 4) is 11.3 Å². The van der Waals surface area contributed by atoms with Gasteiger partial charge in [0, 0.05) is 43.7 Å². The van der Waals surface area contributed by atoms with Crippen LogP contribution in [0.5, 0.6) is 0 Å². The van der Waals surface area contributed by atoms with E-state index in [0.717, 1.165) is 16.8 Å². The van der Waals surface area contributed by atoms with E-state index in [1.165, 1.54) is 6.07 Å². The Hall–Kier alpha value is -3.22. The van der Waals surface area contributed by atoms with Crippen LogP contribution in [-0.4, -0.2) is 20.8 Å². The zero-order valence-electron chi connectivity index (χ0n) is 13.7. The van der Waals surface area contributed by atoms with Crippen molar-refractivity contribution in [3.63, 3.8) is 0 Å². The van der Waals surface area contributed by atoms with Gasteiger partial charge in [0.05, 0.1) is 11.9 Å². The maximum absolute atomic E-state index is 13.5. The van der Waals surface area contributed by atoms with Gasteiger partial charge in [-0.3, -0.25) is 9.67 Å². The van der Waals surface area contributed by atoms with E-state index in [-0.39, 0.29) is 18.4 Å². The maximum Gasteiger partial charge on any atom is 0.315 e. The molecule has 3 aromatic rings. The summed E-state index contributed by atoms with van der Waals surface area (Å²) in [6.07, 6.45) is 5.29. The highest BCUT2D eigenvalue weighted by Crippen LogP contribution is 2.20. The van der Waals surface area contributed by atoms with Gasteiger partial charge in [0.25, 0.3) is 0 Å². The van der Waals surface area contributed by atoms with E-state index in [9.17, 15) is 9.18 Å². The molecule has 0 fully saturated rings. The molecule has 7 heteroatoms. The van der Waals surface area contributed by atoms with E-state index in [1.54, 1.807) is 35.3 Å². The number of aryl methyl sites for hydroxylation is 1. The van der Waals surface area contributed by atoms with Crippen molar-refractivity contribution >= 4 is 6.03 Å². The molecule has 0 aliphatic carbocycles. The number of rotatable bonds is 5. The molecule has 2 aromatic heterocycles. The average Bonchev–Trinajstić information content (AvgIpc) is 3.06. The molecule has 0 saturated carbocycles. The average molecular weight is 339 g/mol. The second-order valence-electron chi connectivity index (χ2n) is 5.54. The molecule has 0 unspecified atom stereocenters. The van der Waals surface area contributed by atoms with Crippen LogP contribution in [0.3, 0.4) is 0 Å². The largest absolute Gasteiger partial charge is 0.334 e. The fourth-order valence-corrected chi connectivity index (χ4v) is 2.44. The van der Waals surface area contributed by atoms with Crippen LogP contribution in [0.25, 0.3) is 11.3 Å². The van der Waals surface area contributed by atoms with Crippen LogP contribution in [-0.2, 0) is 20.1 Å².